The van der Waals surface area contributed by atoms with Gasteiger partial charge in [-0.2, -0.15) is 0 Å². The van der Waals surface area contributed by atoms with Gasteiger partial charge in [0.2, 0.25) is 5.12 Å². The van der Waals surface area contributed by atoms with Gasteiger partial charge in [-0.1, -0.05) is 54.6 Å². The largest absolute Gasteiger partial charge is 0.494 e. The average Bonchev–Trinajstić information content (AvgIpc) is 3.07. The Morgan fingerprint density at radius 2 is 1.17 bits per heavy atom. The number of hydrogen-bond acceptors (Lipinski definition) is 9. The second kappa shape index (κ2) is 20.7. The molecule has 0 saturated carbocycles. The highest BCUT2D eigenvalue weighted by Crippen LogP contribution is 2.37. The van der Waals surface area contributed by atoms with Gasteiger partial charge in [-0.05, 0) is 103 Å². The minimum absolute atomic E-state index is 0.190. The van der Waals surface area contributed by atoms with Crippen molar-refractivity contribution >= 4 is 70.0 Å². The first-order valence-corrected chi connectivity index (χ1v) is 16.3. The fourth-order valence-corrected chi connectivity index (χ4v) is 5.19. The summed E-state index contributed by atoms with van der Waals surface area (Å²) in [5, 5.41) is 0.449. The van der Waals surface area contributed by atoms with Crippen LogP contribution in [0.4, 0.5) is 5.69 Å². The van der Waals surface area contributed by atoms with Gasteiger partial charge >= 0.3 is 11.9 Å². The highest BCUT2D eigenvalue weighted by Gasteiger charge is 2.10. The van der Waals surface area contributed by atoms with Crippen molar-refractivity contribution in [1.29, 1.82) is 0 Å². The Balaban J connectivity index is 1.43. The van der Waals surface area contributed by atoms with Gasteiger partial charge in [-0.25, -0.2) is 9.59 Å². The number of benzene rings is 3. The van der Waals surface area contributed by atoms with Gasteiger partial charge in [0.25, 0.3) is 0 Å². The zero-order valence-electron chi connectivity index (χ0n) is 25.7. The van der Waals surface area contributed by atoms with E-state index >= 15 is 0 Å². The summed E-state index contributed by atoms with van der Waals surface area (Å²) < 4.78 is 21.3. The summed E-state index contributed by atoms with van der Waals surface area (Å²) >= 11 is 13.9. The first-order valence-electron chi connectivity index (χ1n) is 14.7. The third-order valence-corrected chi connectivity index (χ3v) is 7.55. The van der Waals surface area contributed by atoms with Crippen LogP contribution in [0.25, 0.3) is 6.08 Å². The van der Waals surface area contributed by atoms with Gasteiger partial charge in [-0.3, -0.25) is 9.79 Å². The predicted octanol–water partition coefficient (Wildman–Crippen LogP) is 8.85. The normalized spacial score (nSPS) is 10.9. The molecule has 3 aromatic carbocycles. The number of ether oxygens (including phenoxy) is 4. The van der Waals surface area contributed by atoms with E-state index in [1.54, 1.807) is 24.4 Å². The average molecular weight is 697 g/mol. The molecule has 0 atom stereocenters. The standard InChI is InChI=1S/C36H35Cl2NO7S/c1-3-33(40)45-21-7-5-19-43-28-14-9-26(10-15-28)13-18-35(42)47-30-23-31(37)36(32(38)24-30)39-25-27-11-16-29(17-12-27)44-20-6-8-22-46-34(41)4-2/h3-4,9-18,23-25H,1-2,5-8,19-22H2/b18-13+,39-25?. The van der Waals surface area contributed by atoms with Crippen LogP contribution in [0.2, 0.25) is 10.0 Å². The van der Waals surface area contributed by atoms with Crippen LogP contribution in [0.3, 0.4) is 0 Å². The Labute approximate surface area is 289 Å². The highest BCUT2D eigenvalue weighted by molar-refractivity contribution is 8.14. The molecule has 47 heavy (non-hydrogen) atoms. The quantitative estimate of drug-likeness (QED) is 0.0403. The number of halogens is 2. The van der Waals surface area contributed by atoms with E-state index in [-0.39, 0.29) is 5.12 Å². The zero-order valence-corrected chi connectivity index (χ0v) is 28.0. The molecule has 0 aliphatic heterocycles. The van der Waals surface area contributed by atoms with Gasteiger partial charge in [0.05, 0.1) is 36.5 Å². The van der Waals surface area contributed by atoms with Crippen LogP contribution in [-0.2, 0) is 23.9 Å². The number of nitrogens with zero attached hydrogens (tertiary/aromatic N) is 1. The number of rotatable bonds is 19. The van der Waals surface area contributed by atoms with Crippen molar-refractivity contribution in [3.8, 4) is 11.5 Å². The first kappa shape index (κ1) is 37.2. The van der Waals surface area contributed by atoms with Crippen molar-refractivity contribution in [3.63, 3.8) is 0 Å². The first-order chi connectivity index (χ1) is 22.8. The number of esters is 2. The molecule has 0 amide bonds. The molecule has 8 nitrogen and oxygen atoms in total. The zero-order chi connectivity index (χ0) is 33.9. The van der Waals surface area contributed by atoms with E-state index in [1.165, 1.54) is 6.08 Å². The lowest BCUT2D eigenvalue weighted by atomic mass is 10.2. The number of carbonyl (C=O) groups excluding carboxylic acids is 3. The van der Waals surface area contributed by atoms with E-state index in [9.17, 15) is 14.4 Å². The number of aliphatic imine (C=N–C) groups is 1. The van der Waals surface area contributed by atoms with Gasteiger partial charge in [0.1, 0.15) is 17.2 Å². The second-order valence-electron chi connectivity index (χ2n) is 9.74. The third-order valence-electron chi connectivity index (χ3n) is 6.16. The van der Waals surface area contributed by atoms with Crippen LogP contribution >= 0.6 is 35.0 Å². The number of hydrogen-bond donors (Lipinski definition) is 0. The Morgan fingerprint density at radius 3 is 1.66 bits per heavy atom. The lowest BCUT2D eigenvalue weighted by molar-refractivity contribution is -0.138. The fraction of sp³-hybridized carbons (Fsp3) is 0.222. The summed E-state index contributed by atoms with van der Waals surface area (Å²) in [6, 6.07) is 18.0. The monoisotopic (exact) mass is 695 g/mol. The fourth-order valence-electron chi connectivity index (χ4n) is 3.75. The summed E-state index contributed by atoms with van der Waals surface area (Å²) in [6.45, 7) is 8.36. The number of thioether (sulfide) groups is 1. The predicted molar refractivity (Wildman–Crippen MR) is 188 cm³/mol. The molecular weight excluding hydrogens is 661 g/mol. The lowest BCUT2D eigenvalue weighted by Crippen LogP contribution is -2.04. The molecule has 0 bridgehead atoms. The number of unbranched alkanes of at least 4 members (excludes halogenated alkanes) is 2. The maximum atomic E-state index is 12.6. The smallest absolute Gasteiger partial charge is 0.330 e. The Morgan fingerprint density at radius 1 is 0.702 bits per heavy atom. The summed E-state index contributed by atoms with van der Waals surface area (Å²) in [5.41, 5.74) is 2.06. The van der Waals surface area contributed by atoms with E-state index in [0.29, 0.717) is 71.4 Å². The Kier molecular flexibility index (Phi) is 16.4. The molecule has 3 rings (SSSR count). The van der Waals surface area contributed by atoms with Crippen LogP contribution in [0.15, 0.2) is 102 Å². The minimum atomic E-state index is -0.430. The summed E-state index contributed by atoms with van der Waals surface area (Å²) in [7, 11) is 0. The van der Waals surface area contributed by atoms with Gasteiger partial charge in [0.15, 0.2) is 0 Å². The molecule has 0 radical (unpaired) electrons. The van der Waals surface area contributed by atoms with Crippen LogP contribution in [0.1, 0.15) is 36.8 Å². The summed E-state index contributed by atoms with van der Waals surface area (Å²) in [5.74, 6) is 0.558. The number of carbonyl (C=O) groups is 3. The van der Waals surface area contributed by atoms with Crippen LogP contribution < -0.4 is 9.47 Å². The molecule has 0 N–H and O–H groups in total. The summed E-state index contributed by atoms with van der Waals surface area (Å²) in [4.78, 5) is 39.7. The molecular formula is C36H35Cl2NO7S. The van der Waals surface area contributed by atoms with Gasteiger partial charge < -0.3 is 18.9 Å². The minimum Gasteiger partial charge on any atom is -0.494 e. The van der Waals surface area contributed by atoms with Crippen molar-refractivity contribution in [3.05, 3.63) is 113 Å². The Hall–Kier alpha value is -4.31. The lowest BCUT2D eigenvalue weighted by Gasteiger charge is -2.07. The van der Waals surface area contributed by atoms with E-state index in [4.69, 9.17) is 42.1 Å². The van der Waals surface area contributed by atoms with Crippen molar-refractivity contribution in [2.45, 2.75) is 30.6 Å². The third kappa shape index (κ3) is 14.3. The SMILES string of the molecule is C=CC(=O)OCCCCOc1ccc(C=Nc2c(Cl)cc(SC(=O)/C=C/c3ccc(OCCCCOC(=O)C=C)cc3)cc2Cl)cc1. The maximum Gasteiger partial charge on any atom is 0.330 e. The van der Waals surface area contributed by atoms with E-state index in [1.807, 2.05) is 48.5 Å². The molecule has 0 fully saturated rings. The van der Waals surface area contributed by atoms with E-state index < -0.39 is 11.9 Å². The molecule has 0 aliphatic rings. The molecule has 0 spiro atoms. The summed E-state index contributed by atoms with van der Waals surface area (Å²) in [6.07, 6.45) is 9.99. The van der Waals surface area contributed by atoms with Crippen molar-refractivity contribution in [1.82, 2.24) is 0 Å². The highest BCUT2D eigenvalue weighted by atomic mass is 35.5. The second-order valence-corrected chi connectivity index (χ2v) is 11.6. The van der Waals surface area contributed by atoms with E-state index in [2.05, 4.69) is 18.2 Å². The molecule has 0 saturated heterocycles. The molecule has 3 aromatic rings. The van der Waals surface area contributed by atoms with Crippen LogP contribution in [-0.4, -0.2) is 49.7 Å². The van der Waals surface area contributed by atoms with Gasteiger partial charge in [0, 0.05) is 23.3 Å². The van der Waals surface area contributed by atoms with Gasteiger partial charge in [-0.15, -0.1) is 0 Å². The van der Waals surface area contributed by atoms with Crippen molar-refractivity contribution < 1.29 is 33.3 Å². The van der Waals surface area contributed by atoms with Crippen LogP contribution in [0.5, 0.6) is 11.5 Å². The van der Waals surface area contributed by atoms with E-state index in [0.717, 1.165) is 47.9 Å². The van der Waals surface area contributed by atoms with Crippen LogP contribution in [0, 0.1) is 0 Å². The van der Waals surface area contributed by atoms with Crippen molar-refractivity contribution in [2.75, 3.05) is 26.4 Å². The molecule has 0 aromatic heterocycles. The molecule has 0 heterocycles. The molecule has 246 valence electrons. The maximum absolute atomic E-state index is 12.6. The molecule has 0 aliphatic carbocycles. The molecule has 0 unspecified atom stereocenters. The molecule has 11 heteroatoms. The topological polar surface area (TPSA) is 100 Å². The van der Waals surface area contributed by atoms with Crippen molar-refractivity contribution in [2.24, 2.45) is 4.99 Å². The Bertz CT molecular complexity index is 1550.